The summed E-state index contributed by atoms with van der Waals surface area (Å²) < 4.78 is 5.69. The number of nitrogens with one attached hydrogen (secondary N) is 2. The van der Waals surface area contributed by atoms with Crippen LogP contribution in [0, 0.1) is 0 Å². The number of furan rings is 1. The lowest BCUT2D eigenvalue weighted by Crippen LogP contribution is -2.22. The zero-order chi connectivity index (χ0) is 19.2. The van der Waals surface area contributed by atoms with Crippen LogP contribution in [0.15, 0.2) is 65.3 Å². The maximum Gasteiger partial charge on any atom is 0.251 e. The van der Waals surface area contributed by atoms with Gasteiger partial charge in [-0.3, -0.25) is 9.59 Å². The topological polar surface area (TPSA) is 71.3 Å². The van der Waals surface area contributed by atoms with Crippen molar-refractivity contribution in [2.75, 3.05) is 13.1 Å². The Balaban J connectivity index is 1.86. The Bertz CT molecular complexity index is 849. The van der Waals surface area contributed by atoms with E-state index in [2.05, 4.69) is 10.6 Å². The van der Waals surface area contributed by atoms with E-state index >= 15 is 0 Å². The molecular formula is C22H22N2O3. The SMILES string of the molecule is CCNC(=O)c1ccc(-c2ccoc2-c2ccc(C(=O)NCC)cc2)cc1. The monoisotopic (exact) mass is 362 g/mol. The van der Waals surface area contributed by atoms with E-state index in [1.54, 1.807) is 30.5 Å². The highest BCUT2D eigenvalue weighted by atomic mass is 16.3. The molecule has 0 aliphatic heterocycles. The first-order chi connectivity index (χ1) is 13.1. The molecular weight excluding hydrogens is 340 g/mol. The maximum absolute atomic E-state index is 11.9. The summed E-state index contributed by atoms with van der Waals surface area (Å²) in [4.78, 5) is 23.8. The molecule has 5 heteroatoms. The highest BCUT2D eigenvalue weighted by Gasteiger charge is 2.13. The van der Waals surface area contributed by atoms with Crippen LogP contribution in [-0.2, 0) is 0 Å². The predicted molar refractivity (Wildman–Crippen MR) is 106 cm³/mol. The van der Waals surface area contributed by atoms with Crippen LogP contribution in [0.25, 0.3) is 22.5 Å². The van der Waals surface area contributed by atoms with E-state index < -0.39 is 0 Å². The molecule has 0 aliphatic carbocycles. The van der Waals surface area contributed by atoms with Crippen LogP contribution in [0.5, 0.6) is 0 Å². The van der Waals surface area contributed by atoms with Crippen molar-refractivity contribution >= 4 is 11.8 Å². The van der Waals surface area contributed by atoms with Gasteiger partial charge < -0.3 is 15.1 Å². The smallest absolute Gasteiger partial charge is 0.251 e. The standard InChI is InChI=1S/C22H22N2O3/c1-3-23-21(25)17-9-5-15(6-10-17)19-13-14-27-20(19)16-7-11-18(12-8-16)22(26)24-4-2/h5-14H,3-4H2,1-2H3,(H,23,25)(H,24,26). The van der Waals surface area contributed by atoms with E-state index in [0.29, 0.717) is 24.2 Å². The molecule has 1 heterocycles. The Hall–Kier alpha value is -3.34. The molecule has 138 valence electrons. The van der Waals surface area contributed by atoms with Gasteiger partial charge in [0.1, 0.15) is 5.76 Å². The van der Waals surface area contributed by atoms with Crippen molar-refractivity contribution in [3.8, 4) is 22.5 Å². The van der Waals surface area contributed by atoms with Crippen molar-refractivity contribution in [3.05, 3.63) is 72.0 Å². The normalized spacial score (nSPS) is 10.4. The van der Waals surface area contributed by atoms with E-state index in [-0.39, 0.29) is 11.8 Å². The number of carbonyl (C=O) groups is 2. The van der Waals surface area contributed by atoms with Crippen molar-refractivity contribution in [1.29, 1.82) is 0 Å². The summed E-state index contributed by atoms with van der Waals surface area (Å²) in [5.74, 6) is 0.547. The molecule has 0 unspecified atom stereocenters. The average Bonchev–Trinajstić information content (AvgIpc) is 3.18. The lowest BCUT2D eigenvalue weighted by Gasteiger charge is -2.07. The zero-order valence-electron chi connectivity index (χ0n) is 15.4. The number of carbonyl (C=O) groups excluding carboxylic acids is 2. The second-order valence-electron chi connectivity index (χ2n) is 6.04. The van der Waals surface area contributed by atoms with Crippen LogP contribution < -0.4 is 10.6 Å². The summed E-state index contributed by atoms with van der Waals surface area (Å²) in [6.45, 7) is 4.97. The van der Waals surface area contributed by atoms with Gasteiger partial charge >= 0.3 is 0 Å². The third-order valence-corrected chi connectivity index (χ3v) is 4.21. The second kappa shape index (κ2) is 8.36. The highest BCUT2D eigenvalue weighted by Crippen LogP contribution is 2.33. The maximum atomic E-state index is 11.9. The third-order valence-electron chi connectivity index (χ3n) is 4.21. The van der Waals surface area contributed by atoms with Gasteiger partial charge in [-0.1, -0.05) is 24.3 Å². The Morgan fingerprint density at radius 2 is 1.22 bits per heavy atom. The molecule has 0 fully saturated rings. The van der Waals surface area contributed by atoms with Gasteiger partial charge in [0.15, 0.2) is 0 Å². The Morgan fingerprint density at radius 1 is 0.741 bits per heavy atom. The first-order valence-electron chi connectivity index (χ1n) is 8.98. The van der Waals surface area contributed by atoms with E-state index in [1.807, 2.05) is 44.2 Å². The first-order valence-corrected chi connectivity index (χ1v) is 8.98. The number of rotatable bonds is 6. The molecule has 27 heavy (non-hydrogen) atoms. The van der Waals surface area contributed by atoms with Crippen LogP contribution in [0.1, 0.15) is 34.6 Å². The van der Waals surface area contributed by atoms with Crippen molar-refractivity contribution < 1.29 is 14.0 Å². The van der Waals surface area contributed by atoms with Gasteiger partial charge in [-0.05, 0) is 49.7 Å². The van der Waals surface area contributed by atoms with Gasteiger partial charge in [-0.2, -0.15) is 0 Å². The van der Waals surface area contributed by atoms with Crippen molar-refractivity contribution in [1.82, 2.24) is 10.6 Å². The molecule has 0 bridgehead atoms. The number of benzene rings is 2. The first kappa shape index (κ1) is 18.5. The van der Waals surface area contributed by atoms with Crippen LogP contribution in [-0.4, -0.2) is 24.9 Å². The molecule has 0 spiro atoms. The molecule has 3 rings (SSSR count). The molecule has 5 nitrogen and oxygen atoms in total. The van der Waals surface area contributed by atoms with Gasteiger partial charge in [0, 0.05) is 35.3 Å². The summed E-state index contributed by atoms with van der Waals surface area (Å²) in [5.41, 5.74) is 4.01. The summed E-state index contributed by atoms with van der Waals surface area (Å²) >= 11 is 0. The van der Waals surface area contributed by atoms with Gasteiger partial charge in [-0.15, -0.1) is 0 Å². The Labute approximate surface area is 158 Å². The lowest BCUT2D eigenvalue weighted by molar-refractivity contribution is 0.0947. The van der Waals surface area contributed by atoms with Crippen molar-refractivity contribution in [3.63, 3.8) is 0 Å². The molecule has 0 radical (unpaired) electrons. The van der Waals surface area contributed by atoms with Gasteiger partial charge in [0.25, 0.3) is 11.8 Å². The minimum Gasteiger partial charge on any atom is -0.464 e. The molecule has 2 aromatic carbocycles. The number of hydrogen-bond acceptors (Lipinski definition) is 3. The van der Waals surface area contributed by atoms with Crippen LogP contribution in [0.4, 0.5) is 0 Å². The van der Waals surface area contributed by atoms with E-state index in [4.69, 9.17) is 4.42 Å². The molecule has 0 saturated carbocycles. The molecule has 0 atom stereocenters. The fourth-order valence-electron chi connectivity index (χ4n) is 2.86. The molecule has 2 N–H and O–H groups in total. The molecule has 2 amide bonds. The van der Waals surface area contributed by atoms with Gasteiger partial charge in [0.05, 0.1) is 6.26 Å². The quantitative estimate of drug-likeness (QED) is 0.693. The summed E-state index contributed by atoms with van der Waals surface area (Å²) in [6.07, 6.45) is 1.64. The number of hydrogen-bond donors (Lipinski definition) is 2. The zero-order valence-corrected chi connectivity index (χ0v) is 15.4. The molecule has 0 saturated heterocycles. The van der Waals surface area contributed by atoms with E-state index in [0.717, 1.165) is 22.5 Å². The van der Waals surface area contributed by atoms with E-state index in [9.17, 15) is 9.59 Å². The number of amides is 2. The van der Waals surface area contributed by atoms with Gasteiger partial charge in [0.2, 0.25) is 0 Å². The van der Waals surface area contributed by atoms with Gasteiger partial charge in [-0.25, -0.2) is 0 Å². The van der Waals surface area contributed by atoms with Crippen LogP contribution in [0.2, 0.25) is 0 Å². The lowest BCUT2D eigenvalue weighted by atomic mass is 10.00. The van der Waals surface area contributed by atoms with Crippen LogP contribution in [0.3, 0.4) is 0 Å². The summed E-state index contributed by atoms with van der Waals surface area (Å²) in [7, 11) is 0. The molecule has 3 aromatic rings. The fourth-order valence-corrected chi connectivity index (χ4v) is 2.86. The highest BCUT2D eigenvalue weighted by molar-refractivity contribution is 5.95. The van der Waals surface area contributed by atoms with Crippen molar-refractivity contribution in [2.24, 2.45) is 0 Å². The Kier molecular flexibility index (Phi) is 5.71. The second-order valence-corrected chi connectivity index (χ2v) is 6.04. The average molecular weight is 362 g/mol. The Morgan fingerprint density at radius 3 is 1.70 bits per heavy atom. The van der Waals surface area contributed by atoms with E-state index in [1.165, 1.54) is 0 Å². The fraction of sp³-hybridized carbons (Fsp3) is 0.182. The van der Waals surface area contributed by atoms with Crippen molar-refractivity contribution in [2.45, 2.75) is 13.8 Å². The van der Waals surface area contributed by atoms with Crippen LogP contribution >= 0.6 is 0 Å². The largest absolute Gasteiger partial charge is 0.464 e. The minimum absolute atomic E-state index is 0.0857. The minimum atomic E-state index is -0.0929. The summed E-state index contributed by atoms with van der Waals surface area (Å²) in [6, 6.07) is 16.6. The predicted octanol–water partition coefficient (Wildman–Crippen LogP) is 4.11. The molecule has 0 aliphatic rings. The summed E-state index contributed by atoms with van der Waals surface area (Å²) in [5, 5.41) is 5.57. The molecule has 1 aromatic heterocycles. The third kappa shape index (κ3) is 4.08.